The molecule has 0 spiro atoms. The van der Waals surface area contributed by atoms with Crippen LogP contribution in [0.1, 0.15) is 17.0 Å². The van der Waals surface area contributed by atoms with Gasteiger partial charge in [-0.15, -0.1) is 0 Å². The van der Waals surface area contributed by atoms with Crippen LogP contribution in [0.15, 0.2) is 59.7 Å². The lowest BCUT2D eigenvalue weighted by molar-refractivity contribution is -0.136. The number of carbonyl (C=O) groups is 2. The number of aryl methyl sites for hydroxylation is 1. The molecule has 3 aromatic rings. The summed E-state index contributed by atoms with van der Waals surface area (Å²) in [5, 5.41) is 6.70. The van der Waals surface area contributed by atoms with Gasteiger partial charge in [-0.3, -0.25) is 9.59 Å². The summed E-state index contributed by atoms with van der Waals surface area (Å²) in [5.74, 6) is -2.14. The molecule has 6 nitrogen and oxygen atoms in total. The number of carbonyl (C=O) groups excluding carboxylic acids is 2. The summed E-state index contributed by atoms with van der Waals surface area (Å²) in [5.41, 5.74) is 5.23. The van der Waals surface area contributed by atoms with Gasteiger partial charge in [0, 0.05) is 27.7 Å². The van der Waals surface area contributed by atoms with Crippen molar-refractivity contribution in [2.75, 3.05) is 5.32 Å². The predicted molar refractivity (Wildman–Crippen MR) is 111 cm³/mol. The number of halogens is 2. The lowest BCUT2D eigenvalue weighted by atomic mass is 10.2. The molecule has 0 unspecified atom stereocenters. The second-order valence-electron chi connectivity index (χ2n) is 6.28. The number of hydrogen-bond acceptors (Lipinski definition) is 3. The average molecular weight is 413 g/mol. The van der Waals surface area contributed by atoms with Crippen LogP contribution in [0.25, 0.3) is 5.69 Å². The van der Waals surface area contributed by atoms with Crippen LogP contribution < -0.4 is 10.7 Å². The second kappa shape index (κ2) is 8.70. The molecule has 2 aromatic carbocycles. The van der Waals surface area contributed by atoms with E-state index in [0.29, 0.717) is 22.0 Å². The molecule has 0 aliphatic rings. The van der Waals surface area contributed by atoms with Crippen molar-refractivity contribution in [1.29, 1.82) is 0 Å². The highest BCUT2D eigenvalue weighted by Gasteiger charge is 2.14. The van der Waals surface area contributed by atoms with E-state index in [1.807, 2.05) is 19.9 Å². The van der Waals surface area contributed by atoms with Gasteiger partial charge >= 0.3 is 11.8 Å². The summed E-state index contributed by atoms with van der Waals surface area (Å²) in [7, 11) is 0. The number of nitrogens with one attached hydrogen (secondary N) is 2. The molecule has 29 heavy (non-hydrogen) atoms. The highest BCUT2D eigenvalue weighted by molar-refractivity contribution is 6.39. The zero-order valence-electron chi connectivity index (χ0n) is 15.7. The number of anilines is 1. The Hall–Kier alpha value is -3.45. The highest BCUT2D eigenvalue weighted by Crippen LogP contribution is 2.21. The SMILES string of the molecule is Cc1cc(/C=N\NC(=O)C(=O)Nc2cccc(Cl)c2)c(C)n1-c1ccccc1F. The standard InChI is InChI=1S/C21H18ClFN4O2/c1-13-10-15(14(2)27(13)19-9-4-3-8-18(19)23)12-24-26-21(29)20(28)25-17-7-5-6-16(22)11-17/h3-12H,1-2H3,(H,25,28)(H,26,29)/b24-12-. The van der Waals surface area contributed by atoms with Gasteiger partial charge in [-0.25, -0.2) is 9.82 Å². The molecule has 1 aromatic heterocycles. The minimum Gasteiger partial charge on any atom is -0.318 e. The van der Waals surface area contributed by atoms with E-state index in [2.05, 4.69) is 15.8 Å². The third-order valence-electron chi connectivity index (χ3n) is 4.22. The van der Waals surface area contributed by atoms with Crippen LogP contribution in [0.4, 0.5) is 10.1 Å². The van der Waals surface area contributed by atoms with Crippen molar-refractivity contribution in [3.8, 4) is 5.69 Å². The largest absolute Gasteiger partial charge is 0.329 e. The number of amides is 2. The van der Waals surface area contributed by atoms with Crippen molar-refractivity contribution in [2.45, 2.75) is 13.8 Å². The average Bonchev–Trinajstić information content (AvgIpc) is 2.95. The Morgan fingerprint density at radius 3 is 2.55 bits per heavy atom. The first-order valence-corrected chi connectivity index (χ1v) is 9.08. The summed E-state index contributed by atoms with van der Waals surface area (Å²) in [6.45, 7) is 3.66. The van der Waals surface area contributed by atoms with Crippen LogP contribution in [-0.4, -0.2) is 22.6 Å². The van der Waals surface area contributed by atoms with Crippen molar-refractivity contribution in [1.82, 2.24) is 9.99 Å². The molecule has 0 atom stereocenters. The second-order valence-corrected chi connectivity index (χ2v) is 6.71. The van der Waals surface area contributed by atoms with E-state index < -0.39 is 11.8 Å². The molecule has 1 heterocycles. The Balaban J connectivity index is 1.69. The topological polar surface area (TPSA) is 75.5 Å². The highest BCUT2D eigenvalue weighted by atomic mass is 35.5. The first-order chi connectivity index (χ1) is 13.9. The summed E-state index contributed by atoms with van der Waals surface area (Å²) in [4.78, 5) is 23.8. The molecule has 0 fully saturated rings. The maximum Gasteiger partial charge on any atom is 0.329 e. The summed E-state index contributed by atoms with van der Waals surface area (Å²) < 4.78 is 15.9. The number of aromatic nitrogens is 1. The minimum absolute atomic E-state index is 0.344. The quantitative estimate of drug-likeness (QED) is 0.386. The van der Waals surface area contributed by atoms with Crippen molar-refractivity contribution in [3.63, 3.8) is 0 Å². The van der Waals surface area contributed by atoms with Crippen LogP contribution in [-0.2, 0) is 9.59 Å². The first kappa shape index (κ1) is 20.3. The number of rotatable bonds is 4. The molecule has 0 radical (unpaired) electrons. The Bertz CT molecular complexity index is 1110. The van der Waals surface area contributed by atoms with Gasteiger partial charge < -0.3 is 9.88 Å². The Morgan fingerprint density at radius 1 is 1.07 bits per heavy atom. The third kappa shape index (κ3) is 4.70. The zero-order chi connectivity index (χ0) is 21.0. The van der Waals surface area contributed by atoms with E-state index >= 15 is 0 Å². The number of hydrazone groups is 1. The fourth-order valence-electron chi connectivity index (χ4n) is 2.89. The van der Waals surface area contributed by atoms with Crippen LogP contribution in [0.3, 0.4) is 0 Å². The van der Waals surface area contributed by atoms with Gasteiger partial charge in [0.05, 0.1) is 11.9 Å². The Morgan fingerprint density at radius 2 is 1.83 bits per heavy atom. The van der Waals surface area contributed by atoms with E-state index in [1.54, 1.807) is 41.0 Å². The molecule has 0 aliphatic heterocycles. The molecular formula is C21H18ClFN4O2. The Kier molecular flexibility index (Phi) is 6.09. The summed E-state index contributed by atoms with van der Waals surface area (Å²) >= 11 is 5.84. The number of benzene rings is 2. The predicted octanol–water partition coefficient (Wildman–Crippen LogP) is 3.98. The molecule has 0 bridgehead atoms. The van der Waals surface area contributed by atoms with Gasteiger partial charge in [0.15, 0.2) is 0 Å². The maximum absolute atomic E-state index is 14.1. The normalized spacial score (nSPS) is 10.9. The Labute approximate surface area is 172 Å². The fraction of sp³-hybridized carbons (Fsp3) is 0.0952. The van der Waals surface area contributed by atoms with Gasteiger partial charge in [0.25, 0.3) is 0 Å². The lowest BCUT2D eigenvalue weighted by Crippen LogP contribution is -2.32. The molecule has 0 aliphatic carbocycles. The van der Waals surface area contributed by atoms with Gasteiger partial charge in [-0.05, 0) is 50.2 Å². The number of para-hydroxylation sites is 1. The molecule has 3 rings (SSSR count). The molecule has 2 amide bonds. The van der Waals surface area contributed by atoms with Crippen LogP contribution in [0.5, 0.6) is 0 Å². The molecule has 2 N–H and O–H groups in total. The van der Waals surface area contributed by atoms with Crippen molar-refractivity contribution in [3.05, 3.63) is 82.4 Å². The molecular weight excluding hydrogens is 395 g/mol. The molecule has 8 heteroatoms. The molecule has 0 saturated carbocycles. The van der Waals surface area contributed by atoms with E-state index in [0.717, 1.165) is 11.4 Å². The summed E-state index contributed by atoms with van der Waals surface area (Å²) in [6.07, 6.45) is 1.41. The van der Waals surface area contributed by atoms with Crippen molar-refractivity contribution >= 4 is 35.3 Å². The van der Waals surface area contributed by atoms with Gasteiger partial charge in [-0.1, -0.05) is 29.8 Å². The van der Waals surface area contributed by atoms with E-state index in [4.69, 9.17) is 11.6 Å². The smallest absolute Gasteiger partial charge is 0.318 e. The van der Waals surface area contributed by atoms with Crippen molar-refractivity contribution in [2.24, 2.45) is 5.10 Å². The lowest BCUT2D eigenvalue weighted by Gasteiger charge is -2.10. The summed E-state index contributed by atoms with van der Waals surface area (Å²) in [6, 6.07) is 14.7. The van der Waals surface area contributed by atoms with Gasteiger partial charge in [-0.2, -0.15) is 5.10 Å². The van der Waals surface area contributed by atoms with Crippen molar-refractivity contribution < 1.29 is 14.0 Å². The van der Waals surface area contributed by atoms with Crippen LogP contribution >= 0.6 is 11.6 Å². The maximum atomic E-state index is 14.1. The minimum atomic E-state index is -0.927. The molecule has 0 saturated heterocycles. The zero-order valence-corrected chi connectivity index (χ0v) is 16.5. The van der Waals surface area contributed by atoms with E-state index in [9.17, 15) is 14.0 Å². The number of hydrogen-bond donors (Lipinski definition) is 2. The van der Waals surface area contributed by atoms with Gasteiger partial charge in [0.1, 0.15) is 5.82 Å². The monoisotopic (exact) mass is 412 g/mol. The third-order valence-corrected chi connectivity index (χ3v) is 4.46. The number of nitrogens with zero attached hydrogens (tertiary/aromatic N) is 2. The van der Waals surface area contributed by atoms with E-state index in [-0.39, 0.29) is 5.82 Å². The molecule has 148 valence electrons. The van der Waals surface area contributed by atoms with E-state index in [1.165, 1.54) is 18.3 Å². The van der Waals surface area contributed by atoms with Crippen LogP contribution in [0.2, 0.25) is 5.02 Å². The first-order valence-electron chi connectivity index (χ1n) is 8.70. The van der Waals surface area contributed by atoms with Gasteiger partial charge in [0.2, 0.25) is 0 Å². The fourth-order valence-corrected chi connectivity index (χ4v) is 3.08. The van der Waals surface area contributed by atoms with Crippen LogP contribution in [0, 0.1) is 19.7 Å².